The van der Waals surface area contributed by atoms with Gasteiger partial charge in [0, 0.05) is 15.9 Å². The lowest BCUT2D eigenvalue weighted by Gasteiger charge is -2.30. The Labute approximate surface area is 144 Å². The van der Waals surface area contributed by atoms with Crippen molar-refractivity contribution >= 4 is 45.2 Å². The number of amides is 1. The van der Waals surface area contributed by atoms with E-state index in [-0.39, 0.29) is 24.4 Å². The van der Waals surface area contributed by atoms with Crippen molar-refractivity contribution in [3.8, 4) is 0 Å². The van der Waals surface area contributed by atoms with Crippen molar-refractivity contribution in [1.29, 1.82) is 0 Å². The predicted molar refractivity (Wildman–Crippen MR) is 93.4 cm³/mol. The molecule has 6 heteroatoms. The molecular weight excluding hydrogens is 368 g/mol. The van der Waals surface area contributed by atoms with Crippen LogP contribution in [0.2, 0.25) is 0 Å². The third-order valence-electron chi connectivity index (χ3n) is 4.23. The summed E-state index contributed by atoms with van der Waals surface area (Å²) < 4.78 is 6.60. The molecule has 0 radical (unpaired) electrons. The van der Waals surface area contributed by atoms with Gasteiger partial charge in [0.05, 0.1) is 0 Å². The molecule has 1 aliphatic rings. The van der Waals surface area contributed by atoms with Crippen LogP contribution >= 0.6 is 28.3 Å². The van der Waals surface area contributed by atoms with E-state index < -0.39 is 0 Å². The Morgan fingerprint density at radius 3 is 2.86 bits per heavy atom. The summed E-state index contributed by atoms with van der Waals surface area (Å²) in [5, 5.41) is 4.01. The lowest BCUT2D eigenvalue weighted by molar-refractivity contribution is 0.0882. The summed E-state index contributed by atoms with van der Waals surface area (Å²) in [5.74, 6) is 0.596. The molecule has 1 saturated carbocycles. The minimum Gasteiger partial charge on any atom is -0.451 e. The summed E-state index contributed by atoms with van der Waals surface area (Å²) in [6.45, 7) is 0.623. The number of carbonyl (C=O) groups excluding carboxylic acids is 1. The number of furan rings is 1. The van der Waals surface area contributed by atoms with E-state index in [0.29, 0.717) is 18.2 Å². The smallest absolute Gasteiger partial charge is 0.287 e. The molecule has 0 saturated heterocycles. The third-order valence-corrected chi connectivity index (χ3v) is 4.72. The van der Waals surface area contributed by atoms with Gasteiger partial charge in [-0.15, -0.1) is 12.4 Å². The average Bonchev–Trinajstić information content (AvgIpc) is 2.91. The summed E-state index contributed by atoms with van der Waals surface area (Å²) in [4.78, 5) is 12.4. The van der Waals surface area contributed by atoms with Crippen LogP contribution in [0.15, 0.2) is 33.2 Å². The lowest BCUT2D eigenvalue weighted by Crippen LogP contribution is -2.44. The zero-order chi connectivity index (χ0) is 14.8. The zero-order valence-corrected chi connectivity index (χ0v) is 14.6. The van der Waals surface area contributed by atoms with Crippen LogP contribution < -0.4 is 11.1 Å². The van der Waals surface area contributed by atoms with E-state index in [0.717, 1.165) is 34.7 Å². The predicted octanol–water partition coefficient (Wildman–Crippen LogP) is 3.86. The SMILES string of the molecule is Cl.NCC1CCCCC1NC(=O)c1cc2cc(Br)ccc2o1. The molecular formula is C16H20BrClN2O2. The first kappa shape index (κ1) is 17.3. The second-order valence-corrected chi connectivity index (χ2v) is 6.57. The number of halogens is 2. The van der Waals surface area contributed by atoms with Crippen LogP contribution in [0.1, 0.15) is 36.2 Å². The van der Waals surface area contributed by atoms with E-state index in [1.54, 1.807) is 6.07 Å². The first-order valence-corrected chi connectivity index (χ1v) is 8.16. The van der Waals surface area contributed by atoms with Crippen LogP contribution in [-0.4, -0.2) is 18.5 Å². The molecule has 3 rings (SSSR count). The Balaban J connectivity index is 0.00000176. The molecule has 3 N–H and O–H groups in total. The maximum Gasteiger partial charge on any atom is 0.287 e. The fourth-order valence-corrected chi connectivity index (χ4v) is 3.42. The van der Waals surface area contributed by atoms with Crippen molar-refractivity contribution in [2.45, 2.75) is 31.7 Å². The third kappa shape index (κ3) is 3.65. The van der Waals surface area contributed by atoms with Crippen molar-refractivity contribution in [1.82, 2.24) is 5.32 Å². The molecule has 1 fully saturated rings. The van der Waals surface area contributed by atoms with E-state index in [1.165, 1.54) is 6.42 Å². The summed E-state index contributed by atoms with van der Waals surface area (Å²) in [7, 11) is 0. The maximum atomic E-state index is 12.4. The van der Waals surface area contributed by atoms with Crippen molar-refractivity contribution in [3.05, 3.63) is 34.5 Å². The van der Waals surface area contributed by atoms with Gasteiger partial charge in [-0.1, -0.05) is 28.8 Å². The number of nitrogens with one attached hydrogen (secondary N) is 1. The molecule has 1 aliphatic carbocycles. The molecule has 120 valence electrons. The Kier molecular flexibility index (Phi) is 5.89. The molecule has 2 aromatic rings. The summed E-state index contributed by atoms with van der Waals surface area (Å²) >= 11 is 3.42. The Morgan fingerprint density at radius 2 is 2.09 bits per heavy atom. The molecule has 0 bridgehead atoms. The number of benzene rings is 1. The maximum absolute atomic E-state index is 12.4. The molecule has 2 atom stereocenters. The standard InChI is InChI=1S/C16H19BrN2O2.ClH/c17-12-5-6-14-11(7-12)8-15(21-14)16(20)19-13-4-2-1-3-10(13)9-18;/h5-8,10,13H,1-4,9,18H2,(H,19,20);1H. The molecule has 1 amide bonds. The fourth-order valence-electron chi connectivity index (χ4n) is 3.05. The number of rotatable bonds is 3. The van der Waals surface area contributed by atoms with Crippen LogP contribution in [0.4, 0.5) is 0 Å². The fraction of sp³-hybridized carbons (Fsp3) is 0.438. The van der Waals surface area contributed by atoms with E-state index >= 15 is 0 Å². The van der Waals surface area contributed by atoms with Crippen LogP contribution in [0.5, 0.6) is 0 Å². The van der Waals surface area contributed by atoms with Gasteiger partial charge in [-0.05, 0) is 49.6 Å². The van der Waals surface area contributed by atoms with Crippen molar-refractivity contribution in [2.75, 3.05) is 6.54 Å². The van der Waals surface area contributed by atoms with E-state index in [4.69, 9.17) is 10.2 Å². The minimum atomic E-state index is -0.146. The largest absolute Gasteiger partial charge is 0.451 e. The van der Waals surface area contributed by atoms with Gasteiger partial charge in [0.15, 0.2) is 5.76 Å². The van der Waals surface area contributed by atoms with E-state index in [1.807, 2.05) is 18.2 Å². The summed E-state index contributed by atoms with van der Waals surface area (Å²) in [6, 6.07) is 7.66. The number of hydrogen-bond donors (Lipinski definition) is 2. The average molecular weight is 388 g/mol. The monoisotopic (exact) mass is 386 g/mol. The van der Waals surface area contributed by atoms with Crippen LogP contribution in [0.3, 0.4) is 0 Å². The highest BCUT2D eigenvalue weighted by atomic mass is 79.9. The first-order valence-electron chi connectivity index (χ1n) is 7.37. The number of carbonyl (C=O) groups is 1. The van der Waals surface area contributed by atoms with Gasteiger partial charge in [-0.3, -0.25) is 4.79 Å². The van der Waals surface area contributed by atoms with Crippen LogP contribution in [-0.2, 0) is 0 Å². The van der Waals surface area contributed by atoms with Gasteiger partial charge < -0.3 is 15.5 Å². The van der Waals surface area contributed by atoms with Crippen molar-refractivity contribution in [3.63, 3.8) is 0 Å². The Hall–Kier alpha value is -1.04. The lowest BCUT2D eigenvalue weighted by atomic mass is 9.84. The van der Waals surface area contributed by atoms with Crippen molar-refractivity contribution in [2.24, 2.45) is 11.7 Å². The van der Waals surface area contributed by atoms with Gasteiger partial charge in [-0.25, -0.2) is 0 Å². The number of nitrogens with two attached hydrogens (primary N) is 1. The first-order chi connectivity index (χ1) is 10.2. The normalized spacial score (nSPS) is 21.4. The molecule has 0 aliphatic heterocycles. The Morgan fingerprint density at radius 1 is 1.32 bits per heavy atom. The molecule has 0 spiro atoms. The minimum absolute atomic E-state index is 0. The number of fused-ring (bicyclic) bond motifs is 1. The Bertz CT molecular complexity index is 659. The van der Waals surface area contributed by atoms with Crippen LogP contribution in [0.25, 0.3) is 11.0 Å². The zero-order valence-electron chi connectivity index (χ0n) is 12.2. The van der Waals surface area contributed by atoms with Gasteiger partial charge in [0.1, 0.15) is 5.58 Å². The second kappa shape index (κ2) is 7.49. The highest BCUT2D eigenvalue weighted by molar-refractivity contribution is 9.10. The second-order valence-electron chi connectivity index (χ2n) is 5.65. The highest BCUT2D eigenvalue weighted by Gasteiger charge is 2.26. The van der Waals surface area contributed by atoms with Gasteiger partial charge in [0.2, 0.25) is 0 Å². The molecule has 22 heavy (non-hydrogen) atoms. The van der Waals surface area contributed by atoms with Crippen LogP contribution in [0, 0.1) is 5.92 Å². The summed E-state index contributed by atoms with van der Waals surface area (Å²) in [6.07, 6.45) is 4.44. The molecule has 1 aromatic heterocycles. The molecule has 4 nitrogen and oxygen atoms in total. The molecule has 1 heterocycles. The molecule has 1 aromatic carbocycles. The summed E-state index contributed by atoms with van der Waals surface area (Å²) in [5.41, 5.74) is 6.53. The highest BCUT2D eigenvalue weighted by Crippen LogP contribution is 2.26. The topological polar surface area (TPSA) is 68.3 Å². The van der Waals surface area contributed by atoms with E-state index in [9.17, 15) is 4.79 Å². The number of hydrogen-bond acceptors (Lipinski definition) is 3. The van der Waals surface area contributed by atoms with E-state index in [2.05, 4.69) is 21.2 Å². The molecule has 2 unspecified atom stereocenters. The van der Waals surface area contributed by atoms with Gasteiger partial charge >= 0.3 is 0 Å². The van der Waals surface area contributed by atoms with Crippen molar-refractivity contribution < 1.29 is 9.21 Å². The quantitative estimate of drug-likeness (QED) is 0.840. The van der Waals surface area contributed by atoms with Gasteiger partial charge in [0.25, 0.3) is 5.91 Å². The van der Waals surface area contributed by atoms with Gasteiger partial charge in [-0.2, -0.15) is 0 Å².